The van der Waals surface area contributed by atoms with E-state index in [0.29, 0.717) is 11.6 Å². The van der Waals surface area contributed by atoms with Gasteiger partial charge in [-0.15, -0.1) is 24.8 Å². The van der Waals surface area contributed by atoms with Gasteiger partial charge in [-0.1, -0.05) is 32.4 Å². The number of hydrogen-bond acceptors (Lipinski definition) is 4. The number of rotatable bonds is 3. The average Bonchev–Trinajstić information content (AvgIpc) is 2.85. The van der Waals surface area contributed by atoms with Gasteiger partial charge >= 0.3 is 0 Å². The van der Waals surface area contributed by atoms with Gasteiger partial charge in [0.1, 0.15) is 5.82 Å². The monoisotopic (exact) mass is 382 g/mol. The highest BCUT2D eigenvalue weighted by Crippen LogP contribution is 2.26. The van der Waals surface area contributed by atoms with Gasteiger partial charge in [0.05, 0.1) is 11.1 Å². The molecular formula is C15H25Cl3N4O. The van der Waals surface area contributed by atoms with Crippen molar-refractivity contribution in [1.29, 1.82) is 0 Å². The zero-order chi connectivity index (χ0) is 15.6. The zero-order valence-corrected chi connectivity index (χ0v) is 16.0. The van der Waals surface area contributed by atoms with Crippen molar-refractivity contribution < 1.29 is 4.79 Å². The fraction of sp³-hybridized carbons (Fsp3) is 0.600. The molecule has 1 aliphatic rings. The third-order valence-corrected chi connectivity index (χ3v) is 4.08. The Morgan fingerprint density at radius 1 is 1.48 bits per heavy atom. The third kappa shape index (κ3) is 5.68. The Morgan fingerprint density at radius 2 is 2.13 bits per heavy atom. The lowest BCUT2D eigenvalue weighted by Gasteiger charge is -2.27. The molecule has 0 aliphatic carbocycles. The highest BCUT2D eigenvalue weighted by atomic mass is 35.5. The minimum atomic E-state index is -0.509. The zero-order valence-electron chi connectivity index (χ0n) is 13.6. The molecule has 1 saturated heterocycles. The summed E-state index contributed by atoms with van der Waals surface area (Å²) in [6.07, 6.45) is 2.60. The molecule has 0 spiro atoms. The molecule has 132 valence electrons. The predicted molar refractivity (Wildman–Crippen MR) is 99.9 cm³/mol. The topological polar surface area (TPSA) is 71.2 Å². The van der Waals surface area contributed by atoms with Gasteiger partial charge in [-0.3, -0.25) is 4.79 Å². The molecule has 8 heteroatoms. The summed E-state index contributed by atoms with van der Waals surface area (Å²) in [6, 6.07) is 3.21. The van der Waals surface area contributed by atoms with Crippen molar-refractivity contribution in [3.05, 3.63) is 23.4 Å². The molecule has 3 N–H and O–H groups in total. The molecule has 1 aromatic heterocycles. The minimum Gasteiger partial charge on any atom is -0.353 e. The van der Waals surface area contributed by atoms with Gasteiger partial charge in [-0.05, 0) is 24.0 Å². The van der Waals surface area contributed by atoms with Gasteiger partial charge in [-0.2, -0.15) is 0 Å². The number of aromatic nitrogens is 1. The second-order valence-electron chi connectivity index (χ2n) is 6.59. The fourth-order valence-electron chi connectivity index (χ4n) is 2.36. The standard InChI is InChI=1S/C15H23ClN4O.2ClH/c1-15(2,3)12(17)14(21)19-10-6-8-20(9-10)13-11(16)5-4-7-18-13;;/h4-5,7,10,12H,6,8-9,17H2,1-3H3,(H,19,21);2*1H/t10?,12-;;/m1../s1. The number of pyridine rings is 1. The lowest BCUT2D eigenvalue weighted by Crippen LogP contribution is -2.51. The molecule has 2 rings (SSSR count). The molecule has 2 atom stereocenters. The van der Waals surface area contributed by atoms with E-state index < -0.39 is 6.04 Å². The van der Waals surface area contributed by atoms with Crippen LogP contribution < -0.4 is 16.0 Å². The molecule has 2 heterocycles. The maximum absolute atomic E-state index is 12.2. The molecule has 1 aromatic rings. The van der Waals surface area contributed by atoms with E-state index in [-0.39, 0.29) is 42.2 Å². The predicted octanol–water partition coefficient (Wildman–Crippen LogP) is 2.65. The van der Waals surface area contributed by atoms with E-state index in [0.717, 1.165) is 18.8 Å². The number of carbonyl (C=O) groups excluding carboxylic acids is 1. The number of carbonyl (C=O) groups is 1. The summed E-state index contributed by atoms with van der Waals surface area (Å²) in [4.78, 5) is 18.6. The second kappa shape index (κ2) is 8.92. The second-order valence-corrected chi connectivity index (χ2v) is 7.00. The first-order valence-corrected chi connectivity index (χ1v) is 7.58. The van der Waals surface area contributed by atoms with Crippen molar-refractivity contribution >= 4 is 48.1 Å². The maximum Gasteiger partial charge on any atom is 0.237 e. The Morgan fingerprint density at radius 3 is 2.70 bits per heavy atom. The number of hydrogen-bond donors (Lipinski definition) is 2. The van der Waals surface area contributed by atoms with Crippen molar-refractivity contribution in [1.82, 2.24) is 10.3 Å². The highest BCUT2D eigenvalue weighted by molar-refractivity contribution is 6.32. The summed E-state index contributed by atoms with van der Waals surface area (Å²) in [6.45, 7) is 7.43. The summed E-state index contributed by atoms with van der Waals surface area (Å²) in [5.41, 5.74) is 5.74. The number of nitrogens with one attached hydrogen (secondary N) is 1. The Balaban J connectivity index is 0.00000242. The Bertz CT molecular complexity index is 522. The van der Waals surface area contributed by atoms with Gasteiger partial charge in [-0.25, -0.2) is 4.98 Å². The average molecular weight is 384 g/mol. The normalized spacial score (nSPS) is 18.7. The van der Waals surface area contributed by atoms with Crippen LogP contribution in [-0.2, 0) is 4.79 Å². The summed E-state index contributed by atoms with van der Waals surface area (Å²) in [5.74, 6) is 0.678. The Hall–Kier alpha value is -0.750. The van der Waals surface area contributed by atoms with Crippen molar-refractivity contribution in [3.63, 3.8) is 0 Å². The van der Waals surface area contributed by atoms with Crippen molar-refractivity contribution in [2.75, 3.05) is 18.0 Å². The molecule has 5 nitrogen and oxygen atoms in total. The van der Waals surface area contributed by atoms with Crippen LogP contribution in [0.25, 0.3) is 0 Å². The number of halogens is 3. The number of anilines is 1. The lowest BCUT2D eigenvalue weighted by molar-refractivity contribution is -0.125. The molecule has 1 unspecified atom stereocenters. The molecular weight excluding hydrogens is 359 g/mol. The molecule has 1 fully saturated rings. The van der Waals surface area contributed by atoms with Crippen LogP contribution in [0, 0.1) is 5.41 Å². The van der Waals surface area contributed by atoms with Crippen molar-refractivity contribution in [2.24, 2.45) is 11.1 Å². The fourth-order valence-corrected chi connectivity index (χ4v) is 2.61. The van der Waals surface area contributed by atoms with Crippen molar-refractivity contribution in [3.8, 4) is 0 Å². The van der Waals surface area contributed by atoms with Crippen LogP contribution in [-0.4, -0.2) is 36.1 Å². The molecule has 0 saturated carbocycles. The summed E-state index contributed by atoms with van der Waals surface area (Å²) < 4.78 is 0. The molecule has 23 heavy (non-hydrogen) atoms. The van der Waals surface area contributed by atoms with E-state index in [1.807, 2.05) is 32.9 Å². The molecule has 1 aliphatic heterocycles. The first-order chi connectivity index (χ1) is 9.79. The minimum absolute atomic E-state index is 0. The van der Waals surface area contributed by atoms with E-state index in [1.54, 1.807) is 6.20 Å². The van der Waals surface area contributed by atoms with Crippen LogP contribution in [0.2, 0.25) is 5.02 Å². The van der Waals surface area contributed by atoms with Crippen molar-refractivity contribution in [2.45, 2.75) is 39.3 Å². The van der Waals surface area contributed by atoms with Gasteiger partial charge in [0.25, 0.3) is 0 Å². The smallest absolute Gasteiger partial charge is 0.237 e. The van der Waals surface area contributed by atoms with E-state index in [2.05, 4.69) is 15.2 Å². The number of nitrogens with two attached hydrogens (primary N) is 1. The first kappa shape index (κ1) is 22.2. The summed E-state index contributed by atoms with van der Waals surface area (Å²) >= 11 is 6.16. The number of amides is 1. The highest BCUT2D eigenvalue weighted by Gasteiger charge is 2.31. The van der Waals surface area contributed by atoms with E-state index in [4.69, 9.17) is 17.3 Å². The van der Waals surface area contributed by atoms with Crippen LogP contribution in [0.15, 0.2) is 18.3 Å². The molecule has 1 amide bonds. The molecule has 0 bridgehead atoms. The SMILES string of the molecule is CC(C)(C)[C@H](N)C(=O)NC1CCN(c2ncccc2Cl)C1.Cl.Cl. The Labute approximate surface area is 155 Å². The summed E-state index contributed by atoms with van der Waals surface area (Å²) in [5, 5.41) is 3.66. The van der Waals surface area contributed by atoms with Crippen LogP contribution in [0.5, 0.6) is 0 Å². The first-order valence-electron chi connectivity index (χ1n) is 7.20. The third-order valence-electron chi connectivity index (χ3n) is 3.79. The van der Waals surface area contributed by atoms with Crippen LogP contribution >= 0.6 is 36.4 Å². The van der Waals surface area contributed by atoms with Gasteiger partial charge in [0.2, 0.25) is 5.91 Å². The largest absolute Gasteiger partial charge is 0.353 e. The Kier molecular flexibility index (Phi) is 8.63. The van der Waals surface area contributed by atoms with Gasteiger partial charge in [0, 0.05) is 25.3 Å². The van der Waals surface area contributed by atoms with E-state index >= 15 is 0 Å². The molecule has 0 radical (unpaired) electrons. The molecule has 0 aromatic carbocycles. The van der Waals surface area contributed by atoms with Gasteiger partial charge in [0.15, 0.2) is 0 Å². The van der Waals surface area contributed by atoms with E-state index in [1.165, 1.54) is 0 Å². The number of nitrogens with zero attached hydrogens (tertiary/aromatic N) is 2. The maximum atomic E-state index is 12.2. The van der Waals surface area contributed by atoms with Gasteiger partial charge < -0.3 is 16.0 Å². The van der Waals surface area contributed by atoms with Crippen LogP contribution in [0.4, 0.5) is 5.82 Å². The quantitative estimate of drug-likeness (QED) is 0.841. The van der Waals surface area contributed by atoms with Crippen LogP contribution in [0.1, 0.15) is 27.2 Å². The van der Waals surface area contributed by atoms with E-state index in [9.17, 15) is 4.79 Å². The van der Waals surface area contributed by atoms with Crippen LogP contribution in [0.3, 0.4) is 0 Å². The summed E-state index contributed by atoms with van der Waals surface area (Å²) in [7, 11) is 0. The lowest BCUT2D eigenvalue weighted by atomic mass is 9.87.